The Kier molecular flexibility index (Phi) is 3.63. The monoisotopic (exact) mass is 282 g/mol. The van der Waals surface area contributed by atoms with Crippen LogP contribution in [0.5, 0.6) is 5.75 Å². The standard InChI is InChI=1S/C16H18N4O/c1-21-13-2-3-14-15(6-13)19-8-12(7-18)16(14)20-9-11(10-20)4-5-17/h2-3,6,8,11H,4-5,9-10,17H2,1H3. The van der Waals surface area contributed by atoms with Crippen molar-refractivity contribution in [2.75, 3.05) is 31.6 Å². The normalized spacial score (nSPS) is 14.8. The number of benzene rings is 1. The number of pyridine rings is 1. The summed E-state index contributed by atoms with van der Waals surface area (Å²) in [6.07, 6.45) is 2.68. The van der Waals surface area contributed by atoms with Crippen LogP contribution in [-0.2, 0) is 0 Å². The molecule has 2 aromatic rings. The maximum atomic E-state index is 9.36. The minimum atomic E-state index is 0.624. The highest BCUT2D eigenvalue weighted by molar-refractivity contribution is 5.95. The van der Waals surface area contributed by atoms with Gasteiger partial charge in [0.25, 0.3) is 0 Å². The molecule has 21 heavy (non-hydrogen) atoms. The molecule has 0 atom stereocenters. The van der Waals surface area contributed by atoms with Crippen LogP contribution in [0.25, 0.3) is 10.9 Å². The van der Waals surface area contributed by atoms with Gasteiger partial charge < -0.3 is 15.4 Å². The molecule has 1 aromatic heterocycles. The van der Waals surface area contributed by atoms with E-state index >= 15 is 0 Å². The molecule has 0 saturated carbocycles. The molecule has 1 aliphatic heterocycles. The number of anilines is 1. The molecule has 2 N–H and O–H groups in total. The molecule has 0 bridgehead atoms. The maximum absolute atomic E-state index is 9.36. The fourth-order valence-corrected chi connectivity index (χ4v) is 2.88. The topological polar surface area (TPSA) is 75.2 Å². The summed E-state index contributed by atoms with van der Waals surface area (Å²) in [5.74, 6) is 1.40. The third-order valence-electron chi connectivity index (χ3n) is 4.02. The second kappa shape index (κ2) is 5.58. The molecule has 1 aromatic carbocycles. The quantitative estimate of drug-likeness (QED) is 0.927. The second-order valence-corrected chi connectivity index (χ2v) is 5.36. The Labute approximate surface area is 123 Å². The van der Waals surface area contributed by atoms with Gasteiger partial charge >= 0.3 is 0 Å². The predicted octanol–water partition coefficient (Wildman–Crippen LogP) is 1.90. The van der Waals surface area contributed by atoms with Crippen molar-refractivity contribution in [2.45, 2.75) is 6.42 Å². The summed E-state index contributed by atoms with van der Waals surface area (Å²) in [6.45, 7) is 2.63. The lowest BCUT2D eigenvalue weighted by Gasteiger charge is -2.42. The average molecular weight is 282 g/mol. The molecule has 1 fully saturated rings. The first kappa shape index (κ1) is 13.7. The summed E-state index contributed by atoms with van der Waals surface area (Å²) in [5.41, 5.74) is 8.07. The van der Waals surface area contributed by atoms with Crippen molar-refractivity contribution in [2.24, 2.45) is 11.7 Å². The van der Waals surface area contributed by atoms with Crippen molar-refractivity contribution in [3.63, 3.8) is 0 Å². The van der Waals surface area contributed by atoms with Crippen LogP contribution >= 0.6 is 0 Å². The van der Waals surface area contributed by atoms with Crippen molar-refractivity contribution >= 4 is 16.6 Å². The minimum Gasteiger partial charge on any atom is -0.497 e. The van der Waals surface area contributed by atoms with Gasteiger partial charge in [0, 0.05) is 30.7 Å². The van der Waals surface area contributed by atoms with Gasteiger partial charge in [-0.2, -0.15) is 5.26 Å². The highest BCUT2D eigenvalue weighted by Crippen LogP contribution is 2.35. The van der Waals surface area contributed by atoms with Crippen LogP contribution in [0.2, 0.25) is 0 Å². The van der Waals surface area contributed by atoms with Crippen molar-refractivity contribution < 1.29 is 4.74 Å². The largest absolute Gasteiger partial charge is 0.497 e. The fourth-order valence-electron chi connectivity index (χ4n) is 2.88. The number of hydrogen-bond donors (Lipinski definition) is 1. The zero-order valence-electron chi connectivity index (χ0n) is 12.0. The number of fused-ring (bicyclic) bond motifs is 1. The SMILES string of the molecule is COc1ccc2c(N3CC(CCN)C3)c(C#N)cnc2c1. The summed E-state index contributed by atoms with van der Waals surface area (Å²) < 4.78 is 5.24. The van der Waals surface area contributed by atoms with Crippen molar-refractivity contribution in [1.29, 1.82) is 5.26 Å². The molecule has 3 rings (SSSR count). The van der Waals surface area contributed by atoms with Crippen LogP contribution in [-0.4, -0.2) is 31.7 Å². The summed E-state index contributed by atoms with van der Waals surface area (Å²) in [5, 5.41) is 10.4. The van der Waals surface area contributed by atoms with E-state index in [1.165, 1.54) is 0 Å². The van der Waals surface area contributed by atoms with Gasteiger partial charge in [0.15, 0.2) is 0 Å². The van der Waals surface area contributed by atoms with E-state index in [2.05, 4.69) is 16.0 Å². The summed E-state index contributed by atoms with van der Waals surface area (Å²) in [7, 11) is 1.64. The Bertz CT molecular complexity index is 701. The van der Waals surface area contributed by atoms with Crippen LogP contribution in [0, 0.1) is 17.2 Å². The molecule has 108 valence electrons. The highest BCUT2D eigenvalue weighted by atomic mass is 16.5. The number of rotatable bonds is 4. The Morgan fingerprint density at radius 3 is 2.95 bits per heavy atom. The number of aromatic nitrogens is 1. The molecule has 5 nitrogen and oxygen atoms in total. The van der Waals surface area contributed by atoms with Crippen LogP contribution in [0.3, 0.4) is 0 Å². The Hall–Kier alpha value is -2.32. The van der Waals surface area contributed by atoms with E-state index in [4.69, 9.17) is 10.5 Å². The number of ether oxygens (including phenoxy) is 1. The first-order chi connectivity index (χ1) is 10.3. The molecule has 0 radical (unpaired) electrons. The maximum Gasteiger partial charge on any atom is 0.121 e. The Morgan fingerprint density at radius 1 is 1.48 bits per heavy atom. The van der Waals surface area contributed by atoms with Crippen molar-refractivity contribution in [1.82, 2.24) is 4.98 Å². The fraction of sp³-hybridized carbons (Fsp3) is 0.375. The summed E-state index contributed by atoms with van der Waals surface area (Å²) in [6, 6.07) is 8.04. The van der Waals surface area contributed by atoms with Gasteiger partial charge in [0.05, 0.1) is 23.9 Å². The minimum absolute atomic E-state index is 0.624. The molecule has 0 aliphatic carbocycles. The number of nitriles is 1. The number of nitrogens with two attached hydrogens (primary N) is 1. The molecular weight excluding hydrogens is 264 g/mol. The van der Waals surface area contributed by atoms with E-state index in [-0.39, 0.29) is 0 Å². The molecule has 2 heterocycles. The average Bonchev–Trinajstić information content (AvgIpc) is 2.49. The second-order valence-electron chi connectivity index (χ2n) is 5.36. The lowest BCUT2D eigenvalue weighted by molar-refractivity contribution is 0.390. The molecule has 0 unspecified atom stereocenters. The molecule has 5 heteroatoms. The van der Waals surface area contributed by atoms with Crippen LogP contribution in [0.15, 0.2) is 24.4 Å². The Morgan fingerprint density at radius 2 is 2.29 bits per heavy atom. The van der Waals surface area contributed by atoms with Crippen LogP contribution in [0.4, 0.5) is 5.69 Å². The van der Waals surface area contributed by atoms with Gasteiger partial charge in [-0.15, -0.1) is 0 Å². The van der Waals surface area contributed by atoms with Gasteiger partial charge in [-0.1, -0.05) is 0 Å². The first-order valence-electron chi connectivity index (χ1n) is 7.08. The smallest absolute Gasteiger partial charge is 0.121 e. The van der Waals surface area contributed by atoms with E-state index in [0.717, 1.165) is 48.4 Å². The first-order valence-corrected chi connectivity index (χ1v) is 7.08. The van der Waals surface area contributed by atoms with Gasteiger partial charge in [-0.3, -0.25) is 4.98 Å². The molecule has 0 amide bonds. The molecular formula is C16H18N4O. The molecule has 0 spiro atoms. The predicted molar refractivity (Wildman–Crippen MR) is 82.4 cm³/mol. The zero-order valence-corrected chi connectivity index (χ0v) is 12.0. The van der Waals surface area contributed by atoms with Crippen molar-refractivity contribution in [3.05, 3.63) is 30.0 Å². The Balaban J connectivity index is 2.01. The van der Waals surface area contributed by atoms with Gasteiger partial charge in [-0.25, -0.2) is 0 Å². The highest BCUT2D eigenvalue weighted by Gasteiger charge is 2.29. The van der Waals surface area contributed by atoms with Crippen molar-refractivity contribution in [3.8, 4) is 11.8 Å². The van der Waals surface area contributed by atoms with E-state index in [0.29, 0.717) is 11.5 Å². The van der Waals surface area contributed by atoms with Crippen LogP contribution < -0.4 is 15.4 Å². The third-order valence-corrected chi connectivity index (χ3v) is 4.02. The molecule has 1 aliphatic rings. The van der Waals surface area contributed by atoms with Gasteiger partial charge in [-0.05, 0) is 31.0 Å². The lowest BCUT2D eigenvalue weighted by atomic mass is 9.94. The number of methoxy groups -OCH3 is 1. The van der Waals surface area contributed by atoms with E-state index in [9.17, 15) is 5.26 Å². The summed E-state index contributed by atoms with van der Waals surface area (Å²) in [4.78, 5) is 6.61. The van der Waals surface area contributed by atoms with Gasteiger partial charge in [0.2, 0.25) is 0 Å². The lowest BCUT2D eigenvalue weighted by Crippen LogP contribution is -2.47. The van der Waals surface area contributed by atoms with E-state index in [1.54, 1.807) is 13.3 Å². The zero-order chi connectivity index (χ0) is 14.8. The third kappa shape index (κ3) is 2.39. The molecule has 1 saturated heterocycles. The summed E-state index contributed by atoms with van der Waals surface area (Å²) >= 11 is 0. The van der Waals surface area contributed by atoms with Gasteiger partial charge in [0.1, 0.15) is 11.8 Å². The number of nitrogens with zero attached hydrogens (tertiary/aromatic N) is 3. The number of hydrogen-bond acceptors (Lipinski definition) is 5. The van der Waals surface area contributed by atoms with Crippen LogP contribution in [0.1, 0.15) is 12.0 Å². The van der Waals surface area contributed by atoms with E-state index < -0.39 is 0 Å². The van der Waals surface area contributed by atoms with E-state index in [1.807, 2.05) is 18.2 Å².